The van der Waals surface area contributed by atoms with Gasteiger partial charge in [-0.2, -0.15) is 0 Å². The van der Waals surface area contributed by atoms with Crippen LogP contribution in [0.25, 0.3) is 0 Å². The summed E-state index contributed by atoms with van der Waals surface area (Å²) in [5.41, 5.74) is 7.75. The molecule has 1 unspecified atom stereocenters. The van der Waals surface area contributed by atoms with Crippen molar-refractivity contribution < 1.29 is 19.4 Å². The van der Waals surface area contributed by atoms with E-state index in [2.05, 4.69) is 0 Å². The second-order valence-corrected chi connectivity index (χ2v) is 4.90. The van der Waals surface area contributed by atoms with Crippen LogP contribution in [0.4, 0.5) is 5.69 Å². The maximum atomic E-state index is 12.5. The van der Waals surface area contributed by atoms with Gasteiger partial charge in [0.25, 0.3) is 5.91 Å². The van der Waals surface area contributed by atoms with Crippen LogP contribution in [0.15, 0.2) is 18.2 Å². The maximum absolute atomic E-state index is 12.5. The van der Waals surface area contributed by atoms with Gasteiger partial charge in [0.1, 0.15) is 0 Å². The van der Waals surface area contributed by atoms with Crippen molar-refractivity contribution in [3.05, 3.63) is 29.3 Å². The summed E-state index contributed by atoms with van der Waals surface area (Å²) in [6.07, 6.45) is -0.118. The molecule has 0 aliphatic carbocycles. The van der Waals surface area contributed by atoms with Crippen LogP contribution in [-0.2, 0) is 9.53 Å². The van der Waals surface area contributed by atoms with E-state index in [1.165, 1.54) is 0 Å². The number of rotatable bonds is 3. The topological polar surface area (TPSA) is 92.9 Å². The number of nitrogens with two attached hydrogens (primary N) is 1. The van der Waals surface area contributed by atoms with Crippen molar-refractivity contribution in [3.8, 4) is 0 Å². The van der Waals surface area contributed by atoms with Crippen LogP contribution in [0.1, 0.15) is 22.3 Å². The Morgan fingerprint density at radius 3 is 2.90 bits per heavy atom. The molecule has 0 aromatic heterocycles. The molecule has 2 rings (SSSR count). The third kappa shape index (κ3) is 3.08. The first kappa shape index (κ1) is 14.3. The Balaban J connectivity index is 2.20. The summed E-state index contributed by atoms with van der Waals surface area (Å²) < 4.78 is 5.26. The third-order valence-corrected chi connectivity index (χ3v) is 3.42. The Bertz CT molecular complexity index is 530. The average Bonchev–Trinajstić information content (AvgIpc) is 2.41. The minimum Gasteiger partial charge on any atom is -0.481 e. The fourth-order valence-corrected chi connectivity index (χ4v) is 2.23. The average molecular weight is 278 g/mol. The van der Waals surface area contributed by atoms with Gasteiger partial charge in [0, 0.05) is 17.8 Å². The second kappa shape index (κ2) is 5.92. The zero-order valence-electron chi connectivity index (χ0n) is 11.3. The predicted molar refractivity (Wildman–Crippen MR) is 73.5 cm³/mol. The van der Waals surface area contributed by atoms with E-state index in [0.29, 0.717) is 24.4 Å². The molecule has 1 aliphatic heterocycles. The lowest BCUT2D eigenvalue weighted by Gasteiger charge is -2.35. The molecule has 6 heteroatoms. The number of hydrogen-bond donors (Lipinski definition) is 2. The van der Waals surface area contributed by atoms with E-state index in [0.717, 1.165) is 5.56 Å². The molecule has 20 heavy (non-hydrogen) atoms. The Kier molecular flexibility index (Phi) is 4.24. The molecule has 108 valence electrons. The van der Waals surface area contributed by atoms with Crippen molar-refractivity contribution in [2.24, 2.45) is 0 Å². The van der Waals surface area contributed by atoms with Crippen LogP contribution in [0.3, 0.4) is 0 Å². The van der Waals surface area contributed by atoms with E-state index >= 15 is 0 Å². The molecule has 0 saturated carbocycles. The van der Waals surface area contributed by atoms with Crippen LogP contribution in [0.5, 0.6) is 0 Å². The highest BCUT2D eigenvalue weighted by atomic mass is 16.5. The highest BCUT2D eigenvalue weighted by Crippen LogP contribution is 2.18. The lowest BCUT2D eigenvalue weighted by Crippen LogP contribution is -2.49. The molecule has 3 N–H and O–H groups in total. The van der Waals surface area contributed by atoms with Crippen LogP contribution >= 0.6 is 0 Å². The molecule has 0 spiro atoms. The van der Waals surface area contributed by atoms with Crippen molar-refractivity contribution in [1.82, 2.24) is 4.90 Å². The monoisotopic (exact) mass is 278 g/mol. The van der Waals surface area contributed by atoms with Gasteiger partial charge in [0.15, 0.2) is 0 Å². The number of carbonyl (C=O) groups is 2. The van der Waals surface area contributed by atoms with E-state index in [4.69, 9.17) is 15.6 Å². The van der Waals surface area contributed by atoms with Crippen molar-refractivity contribution in [1.29, 1.82) is 0 Å². The van der Waals surface area contributed by atoms with Gasteiger partial charge in [0.2, 0.25) is 0 Å². The Morgan fingerprint density at radius 2 is 2.25 bits per heavy atom. The molecular formula is C14H18N2O4. The molecule has 1 saturated heterocycles. The molecule has 1 heterocycles. The molecule has 1 aromatic carbocycles. The van der Waals surface area contributed by atoms with Crippen LogP contribution in [0.2, 0.25) is 0 Å². The lowest BCUT2D eigenvalue weighted by atomic mass is 10.1. The Morgan fingerprint density at radius 1 is 1.50 bits per heavy atom. The van der Waals surface area contributed by atoms with Gasteiger partial charge in [-0.25, -0.2) is 0 Å². The fourth-order valence-electron chi connectivity index (χ4n) is 2.23. The summed E-state index contributed by atoms with van der Waals surface area (Å²) in [5, 5.41) is 8.90. The van der Waals surface area contributed by atoms with Gasteiger partial charge in [-0.3, -0.25) is 9.59 Å². The highest BCUT2D eigenvalue weighted by Gasteiger charge is 2.29. The highest BCUT2D eigenvalue weighted by molar-refractivity contribution is 5.95. The molecule has 1 aromatic rings. The van der Waals surface area contributed by atoms with Gasteiger partial charge in [-0.05, 0) is 24.6 Å². The number of ether oxygens (including phenoxy) is 1. The zero-order chi connectivity index (χ0) is 14.7. The van der Waals surface area contributed by atoms with Crippen molar-refractivity contribution in [2.75, 3.05) is 25.5 Å². The molecule has 1 aliphatic rings. The number of aliphatic carboxylic acids is 1. The first-order chi connectivity index (χ1) is 9.49. The normalized spacial score (nSPS) is 18.9. The number of amides is 1. The van der Waals surface area contributed by atoms with Crippen LogP contribution < -0.4 is 5.73 Å². The molecule has 0 bridgehead atoms. The number of anilines is 1. The Labute approximate surface area is 117 Å². The maximum Gasteiger partial charge on any atom is 0.305 e. The van der Waals surface area contributed by atoms with Gasteiger partial charge in [-0.1, -0.05) is 6.07 Å². The summed E-state index contributed by atoms with van der Waals surface area (Å²) in [6, 6.07) is 4.69. The van der Waals surface area contributed by atoms with E-state index < -0.39 is 12.0 Å². The minimum atomic E-state index is -0.943. The van der Waals surface area contributed by atoms with Crippen molar-refractivity contribution in [3.63, 3.8) is 0 Å². The minimum absolute atomic E-state index is 0.118. The van der Waals surface area contributed by atoms with Crippen molar-refractivity contribution in [2.45, 2.75) is 19.4 Å². The summed E-state index contributed by atoms with van der Waals surface area (Å²) in [7, 11) is 0. The number of carboxylic acid groups (broad SMARTS) is 1. The van der Waals surface area contributed by atoms with Gasteiger partial charge in [-0.15, -0.1) is 0 Å². The number of carboxylic acids is 1. The van der Waals surface area contributed by atoms with E-state index in [9.17, 15) is 9.59 Å². The van der Waals surface area contributed by atoms with Crippen LogP contribution in [0, 0.1) is 6.92 Å². The number of benzene rings is 1. The zero-order valence-corrected chi connectivity index (χ0v) is 11.3. The number of nitrogen functional groups attached to an aromatic ring is 1. The van der Waals surface area contributed by atoms with E-state index in [1.807, 2.05) is 6.92 Å². The summed E-state index contributed by atoms with van der Waals surface area (Å²) in [6.45, 7) is 2.93. The van der Waals surface area contributed by atoms with E-state index in [1.54, 1.807) is 23.1 Å². The smallest absolute Gasteiger partial charge is 0.305 e. The molecular weight excluding hydrogens is 260 g/mol. The molecule has 1 atom stereocenters. The van der Waals surface area contributed by atoms with E-state index in [-0.39, 0.29) is 18.9 Å². The fraction of sp³-hybridized carbons (Fsp3) is 0.429. The standard InChI is InChI=1S/C14H18N2O4/c1-9-2-3-10(6-12(9)15)14(19)16-4-5-20-8-11(16)7-13(17)18/h2-3,6,11H,4-5,7-8,15H2,1H3,(H,17,18). The number of aryl methyl sites for hydroxylation is 1. The first-order valence-corrected chi connectivity index (χ1v) is 6.45. The number of nitrogens with zero attached hydrogens (tertiary/aromatic N) is 1. The summed E-state index contributed by atoms with van der Waals surface area (Å²) >= 11 is 0. The number of hydrogen-bond acceptors (Lipinski definition) is 4. The second-order valence-electron chi connectivity index (χ2n) is 4.90. The van der Waals surface area contributed by atoms with Gasteiger partial charge < -0.3 is 20.5 Å². The molecule has 6 nitrogen and oxygen atoms in total. The molecule has 1 amide bonds. The largest absolute Gasteiger partial charge is 0.481 e. The SMILES string of the molecule is Cc1ccc(C(=O)N2CCOCC2CC(=O)O)cc1N. The summed E-state index contributed by atoms with van der Waals surface area (Å²) in [4.78, 5) is 24.9. The third-order valence-electron chi connectivity index (χ3n) is 3.42. The van der Waals surface area contributed by atoms with Crippen molar-refractivity contribution >= 4 is 17.6 Å². The quantitative estimate of drug-likeness (QED) is 0.801. The predicted octanol–water partition coefficient (Wildman–Crippen LogP) is 0.893. The lowest BCUT2D eigenvalue weighted by molar-refractivity contribution is -0.139. The number of carbonyl (C=O) groups excluding carboxylic acids is 1. The van der Waals surface area contributed by atoms with Gasteiger partial charge >= 0.3 is 5.97 Å². The molecule has 0 radical (unpaired) electrons. The van der Waals surface area contributed by atoms with Gasteiger partial charge in [0.05, 0.1) is 25.7 Å². The Hall–Kier alpha value is -2.08. The molecule has 1 fully saturated rings. The number of morpholine rings is 1. The van der Waals surface area contributed by atoms with Crippen LogP contribution in [-0.4, -0.2) is 47.7 Å². The first-order valence-electron chi connectivity index (χ1n) is 6.45. The summed E-state index contributed by atoms with van der Waals surface area (Å²) in [5.74, 6) is -1.15.